The van der Waals surface area contributed by atoms with Gasteiger partial charge in [0.15, 0.2) is 0 Å². The molecule has 19 heavy (non-hydrogen) atoms. The summed E-state index contributed by atoms with van der Waals surface area (Å²) in [6, 6.07) is 5.89. The Morgan fingerprint density at radius 3 is 2.68 bits per heavy atom. The molecule has 1 saturated carbocycles. The number of aliphatic hydroxyl groups is 1. The van der Waals surface area contributed by atoms with Crippen LogP contribution in [0.4, 0.5) is 0 Å². The van der Waals surface area contributed by atoms with Crippen LogP contribution in [0.25, 0.3) is 0 Å². The summed E-state index contributed by atoms with van der Waals surface area (Å²) in [4.78, 5) is -0.0558. The fourth-order valence-electron chi connectivity index (χ4n) is 1.90. The zero-order valence-electron chi connectivity index (χ0n) is 10.1. The van der Waals surface area contributed by atoms with E-state index in [-0.39, 0.29) is 29.7 Å². The molecule has 5 nitrogen and oxygen atoms in total. The van der Waals surface area contributed by atoms with Crippen molar-refractivity contribution in [2.75, 3.05) is 13.2 Å². The molecule has 1 aromatic rings. The normalized spacial score (nSPS) is 15.5. The number of aliphatic hydroxyl groups excluding tert-OH is 1. The van der Waals surface area contributed by atoms with Crippen LogP contribution in [0.2, 0.25) is 5.02 Å². The maximum Gasteiger partial charge on any atom is 0.244 e. The van der Waals surface area contributed by atoms with E-state index in [1.54, 1.807) is 0 Å². The Kier molecular flexibility index (Phi) is 4.11. The smallest absolute Gasteiger partial charge is 0.244 e. The summed E-state index contributed by atoms with van der Waals surface area (Å²) < 4.78 is 26.3. The summed E-state index contributed by atoms with van der Waals surface area (Å²) in [5.74, 6) is 0. The van der Waals surface area contributed by atoms with E-state index in [0.29, 0.717) is 5.02 Å². The van der Waals surface area contributed by atoms with Crippen molar-refractivity contribution in [3.05, 3.63) is 28.8 Å². The molecule has 0 radical (unpaired) electrons. The summed E-state index contributed by atoms with van der Waals surface area (Å²) >= 11 is 5.76. The lowest BCUT2D eigenvalue weighted by atomic mass is 10.2. The van der Waals surface area contributed by atoms with E-state index in [1.807, 2.05) is 6.07 Å². The summed E-state index contributed by atoms with van der Waals surface area (Å²) in [5, 5.41) is 18.3. The van der Waals surface area contributed by atoms with Crippen molar-refractivity contribution in [1.82, 2.24) is 4.31 Å². The van der Waals surface area contributed by atoms with Crippen LogP contribution in [0.5, 0.6) is 0 Å². The molecule has 0 aromatic heterocycles. The number of hydrogen-bond donors (Lipinski definition) is 1. The van der Waals surface area contributed by atoms with Crippen molar-refractivity contribution < 1.29 is 13.5 Å². The average molecular weight is 301 g/mol. The molecule has 0 aliphatic heterocycles. The number of nitrogens with zero attached hydrogens (tertiary/aromatic N) is 2. The highest BCUT2D eigenvalue weighted by atomic mass is 35.5. The van der Waals surface area contributed by atoms with Crippen molar-refractivity contribution in [3.8, 4) is 6.07 Å². The zero-order valence-corrected chi connectivity index (χ0v) is 11.7. The molecular formula is C12H13ClN2O3S. The highest BCUT2D eigenvalue weighted by molar-refractivity contribution is 7.89. The Bertz CT molecular complexity index is 620. The summed E-state index contributed by atoms with van der Waals surface area (Å²) in [6.45, 7) is -0.203. The molecule has 0 amide bonds. The van der Waals surface area contributed by atoms with E-state index in [9.17, 15) is 8.42 Å². The third-order valence-electron chi connectivity index (χ3n) is 2.92. The number of hydrogen-bond acceptors (Lipinski definition) is 4. The van der Waals surface area contributed by atoms with E-state index in [0.717, 1.165) is 12.8 Å². The van der Waals surface area contributed by atoms with E-state index < -0.39 is 10.0 Å². The molecule has 0 unspecified atom stereocenters. The first-order chi connectivity index (χ1) is 9.00. The fraction of sp³-hybridized carbons (Fsp3) is 0.417. The minimum atomic E-state index is -3.77. The fourth-order valence-corrected chi connectivity index (χ4v) is 3.87. The number of sulfonamides is 1. The predicted molar refractivity (Wildman–Crippen MR) is 70.2 cm³/mol. The SMILES string of the molecule is N#Cc1cc(Cl)ccc1S(=O)(=O)N(CCO)C1CC1. The predicted octanol–water partition coefficient (Wildman–Crippen LogP) is 1.36. The third-order valence-corrected chi connectivity index (χ3v) is 5.17. The molecule has 102 valence electrons. The molecule has 1 aliphatic rings. The molecule has 0 spiro atoms. The van der Waals surface area contributed by atoms with Gasteiger partial charge in [-0.2, -0.15) is 9.57 Å². The molecule has 0 saturated heterocycles. The lowest BCUT2D eigenvalue weighted by molar-refractivity contribution is 0.250. The van der Waals surface area contributed by atoms with Crippen molar-refractivity contribution >= 4 is 21.6 Å². The maximum atomic E-state index is 12.5. The van der Waals surface area contributed by atoms with Crippen molar-refractivity contribution in [1.29, 1.82) is 5.26 Å². The molecule has 2 rings (SSSR count). The largest absolute Gasteiger partial charge is 0.395 e. The van der Waals surface area contributed by atoms with Crippen LogP contribution >= 0.6 is 11.6 Å². The topological polar surface area (TPSA) is 81.4 Å². The minimum Gasteiger partial charge on any atom is -0.395 e. The third kappa shape index (κ3) is 2.90. The van der Waals surface area contributed by atoms with Crippen LogP contribution < -0.4 is 0 Å². The van der Waals surface area contributed by atoms with Gasteiger partial charge < -0.3 is 5.11 Å². The van der Waals surface area contributed by atoms with E-state index in [4.69, 9.17) is 22.0 Å². The molecule has 1 aliphatic carbocycles. The first-order valence-electron chi connectivity index (χ1n) is 5.83. The van der Waals surface area contributed by atoms with Crippen LogP contribution in [0.3, 0.4) is 0 Å². The number of rotatable bonds is 5. The lowest BCUT2D eigenvalue weighted by Gasteiger charge is -2.21. The lowest BCUT2D eigenvalue weighted by Crippen LogP contribution is -2.35. The van der Waals surface area contributed by atoms with E-state index >= 15 is 0 Å². The van der Waals surface area contributed by atoms with Crippen molar-refractivity contribution in [3.63, 3.8) is 0 Å². The Balaban J connectivity index is 2.46. The van der Waals surface area contributed by atoms with Gasteiger partial charge in [-0.3, -0.25) is 0 Å². The van der Waals surface area contributed by atoms with Gasteiger partial charge in [0, 0.05) is 17.6 Å². The quantitative estimate of drug-likeness (QED) is 0.890. The van der Waals surface area contributed by atoms with Gasteiger partial charge in [0.2, 0.25) is 10.0 Å². The van der Waals surface area contributed by atoms with Gasteiger partial charge in [-0.25, -0.2) is 8.42 Å². The first-order valence-corrected chi connectivity index (χ1v) is 7.65. The molecule has 0 bridgehead atoms. The van der Waals surface area contributed by atoms with Gasteiger partial charge in [-0.1, -0.05) is 11.6 Å². The second kappa shape index (κ2) is 5.47. The Hall–Kier alpha value is -1.13. The summed E-state index contributed by atoms with van der Waals surface area (Å²) in [6.07, 6.45) is 1.57. The van der Waals surface area contributed by atoms with Gasteiger partial charge in [0.05, 0.1) is 12.2 Å². The Morgan fingerprint density at radius 1 is 1.47 bits per heavy atom. The van der Waals surface area contributed by atoms with E-state index in [1.165, 1.54) is 22.5 Å². The Labute approximate surface area is 117 Å². The van der Waals surface area contributed by atoms with Crippen LogP contribution in [-0.4, -0.2) is 37.0 Å². The van der Waals surface area contributed by atoms with Crippen molar-refractivity contribution in [2.45, 2.75) is 23.8 Å². The second-order valence-corrected chi connectivity index (χ2v) is 6.62. The maximum absolute atomic E-state index is 12.5. The van der Waals surface area contributed by atoms with Crippen LogP contribution in [0.15, 0.2) is 23.1 Å². The molecule has 1 N–H and O–H groups in total. The average Bonchev–Trinajstić information content (AvgIpc) is 3.19. The van der Waals surface area contributed by atoms with Gasteiger partial charge in [0.1, 0.15) is 11.0 Å². The van der Waals surface area contributed by atoms with Gasteiger partial charge in [0.25, 0.3) is 0 Å². The van der Waals surface area contributed by atoms with Crippen LogP contribution in [0, 0.1) is 11.3 Å². The Morgan fingerprint density at radius 2 is 2.16 bits per heavy atom. The highest BCUT2D eigenvalue weighted by Crippen LogP contribution is 2.33. The van der Waals surface area contributed by atoms with Gasteiger partial charge in [-0.15, -0.1) is 0 Å². The number of nitriles is 1. The van der Waals surface area contributed by atoms with E-state index in [2.05, 4.69) is 0 Å². The minimum absolute atomic E-state index is 0.0242. The van der Waals surface area contributed by atoms with Crippen molar-refractivity contribution in [2.24, 2.45) is 0 Å². The van der Waals surface area contributed by atoms with Gasteiger partial charge in [-0.05, 0) is 31.0 Å². The molecule has 7 heteroatoms. The molecule has 1 fully saturated rings. The zero-order chi connectivity index (χ0) is 14.0. The standard InChI is InChI=1S/C12H13ClN2O3S/c13-10-1-4-12(9(7-10)8-14)19(17,18)15(5-6-16)11-2-3-11/h1,4,7,11,16H,2-3,5-6H2. The van der Waals surface area contributed by atoms with Crippen LogP contribution in [-0.2, 0) is 10.0 Å². The first kappa shape index (κ1) is 14.3. The molecule has 0 atom stereocenters. The van der Waals surface area contributed by atoms with Gasteiger partial charge >= 0.3 is 0 Å². The monoisotopic (exact) mass is 300 g/mol. The summed E-state index contributed by atoms with van der Waals surface area (Å²) in [7, 11) is -3.77. The molecule has 0 heterocycles. The summed E-state index contributed by atoms with van der Waals surface area (Å²) in [5.41, 5.74) is 0.0242. The molecular weight excluding hydrogens is 288 g/mol. The molecule has 1 aromatic carbocycles. The number of halogens is 1. The number of benzene rings is 1. The van der Waals surface area contributed by atoms with Crippen LogP contribution in [0.1, 0.15) is 18.4 Å². The highest BCUT2D eigenvalue weighted by Gasteiger charge is 2.38. The second-order valence-electron chi connectivity index (χ2n) is 4.32.